The van der Waals surface area contributed by atoms with Gasteiger partial charge in [0.05, 0.1) is 7.11 Å². The zero-order valence-electron chi connectivity index (χ0n) is 17.3. The Kier molecular flexibility index (Phi) is 7.99. The summed E-state index contributed by atoms with van der Waals surface area (Å²) in [6.07, 6.45) is 1.30. The molecule has 7 heteroatoms. The van der Waals surface area contributed by atoms with Gasteiger partial charge in [0.15, 0.2) is 0 Å². The van der Waals surface area contributed by atoms with Crippen molar-refractivity contribution >= 4 is 12.0 Å². The van der Waals surface area contributed by atoms with Crippen molar-refractivity contribution in [3.8, 4) is 5.88 Å². The molecule has 2 aromatic carbocycles. The number of carbonyl (C=O) groups excluding carboxylic acids is 2. The van der Waals surface area contributed by atoms with Crippen molar-refractivity contribution in [1.82, 2.24) is 15.6 Å². The summed E-state index contributed by atoms with van der Waals surface area (Å²) in [4.78, 5) is 29.3. The van der Waals surface area contributed by atoms with E-state index in [1.165, 1.54) is 7.11 Å². The SMILES string of the molecule is COc1cc(CNC(=O)C(Cc2ccccc2)NC(=O)OCc2ccccc2)ccn1. The standard InChI is InChI=1S/C24H25N3O4/c1-30-22-15-20(12-13-25-22)16-26-23(28)21(14-18-8-4-2-5-9-18)27-24(29)31-17-19-10-6-3-7-11-19/h2-13,15,21H,14,16-17H2,1H3,(H,26,28)(H,27,29). The Morgan fingerprint density at radius 2 is 1.61 bits per heavy atom. The summed E-state index contributed by atoms with van der Waals surface area (Å²) in [5.74, 6) is 0.159. The van der Waals surface area contributed by atoms with Crippen molar-refractivity contribution < 1.29 is 19.1 Å². The molecule has 0 radical (unpaired) electrons. The average molecular weight is 419 g/mol. The fourth-order valence-electron chi connectivity index (χ4n) is 2.95. The molecule has 0 saturated heterocycles. The number of benzene rings is 2. The van der Waals surface area contributed by atoms with Gasteiger partial charge in [-0.15, -0.1) is 0 Å². The number of hydrogen-bond acceptors (Lipinski definition) is 5. The van der Waals surface area contributed by atoms with E-state index in [2.05, 4.69) is 15.6 Å². The lowest BCUT2D eigenvalue weighted by atomic mass is 10.1. The number of carbonyl (C=O) groups is 2. The van der Waals surface area contributed by atoms with Crippen molar-refractivity contribution in [3.05, 3.63) is 95.7 Å². The van der Waals surface area contributed by atoms with E-state index in [0.717, 1.165) is 16.7 Å². The van der Waals surface area contributed by atoms with Crippen LogP contribution in [0, 0.1) is 0 Å². The van der Waals surface area contributed by atoms with Crippen LogP contribution >= 0.6 is 0 Å². The monoisotopic (exact) mass is 419 g/mol. The molecule has 31 heavy (non-hydrogen) atoms. The number of pyridine rings is 1. The highest BCUT2D eigenvalue weighted by atomic mass is 16.5. The van der Waals surface area contributed by atoms with E-state index in [0.29, 0.717) is 12.3 Å². The smallest absolute Gasteiger partial charge is 0.408 e. The summed E-state index contributed by atoms with van der Waals surface area (Å²) >= 11 is 0. The molecule has 1 heterocycles. The van der Waals surface area contributed by atoms with Crippen LogP contribution in [0.4, 0.5) is 4.79 Å². The molecular formula is C24H25N3O4. The first-order valence-electron chi connectivity index (χ1n) is 9.92. The van der Waals surface area contributed by atoms with Crippen LogP contribution in [0.15, 0.2) is 79.0 Å². The molecule has 1 unspecified atom stereocenters. The first kappa shape index (κ1) is 21.8. The number of ether oxygens (including phenoxy) is 2. The van der Waals surface area contributed by atoms with E-state index in [1.807, 2.05) is 60.7 Å². The summed E-state index contributed by atoms with van der Waals surface area (Å²) in [5.41, 5.74) is 2.63. The van der Waals surface area contributed by atoms with E-state index in [-0.39, 0.29) is 19.1 Å². The minimum atomic E-state index is -0.783. The highest BCUT2D eigenvalue weighted by molar-refractivity contribution is 5.85. The second kappa shape index (κ2) is 11.3. The number of hydrogen-bond donors (Lipinski definition) is 2. The Labute approximate surface area is 181 Å². The van der Waals surface area contributed by atoms with Crippen molar-refractivity contribution in [2.45, 2.75) is 25.6 Å². The minimum absolute atomic E-state index is 0.128. The Morgan fingerprint density at radius 1 is 0.935 bits per heavy atom. The summed E-state index contributed by atoms with van der Waals surface area (Å²) in [6, 6.07) is 21.6. The fraction of sp³-hybridized carbons (Fsp3) is 0.208. The molecule has 0 fully saturated rings. The zero-order chi connectivity index (χ0) is 21.9. The highest BCUT2D eigenvalue weighted by Crippen LogP contribution is 2.09. The molecule has 3 rings (SSSR count). The van der Waals surface area contributed by atoms with Gasteiger partial charge in [-0.1, -0.05) is 60.7 Å². The van der Waals surface area contributed by atoms with Crippen LogP contribution in [-0.2, 0) is 29.1 Å². The van der Waals surface area contributed by atoms with Crippen LogP contribution < -0.4 is 15.4 Å². The summed E-state index contributed by atoms with van der Waals surface area (Å²) in [6.45, 7) is 0.410. The molecule has 0 aliphatic heterocycles. The largest absolute Gasteiger partial charge is 0.481 e. The lowest BCUT2D eigenvalue weighted by Crippen LogP contribution is -2.48. The van der Waals surface area contributed by atoms with E-state index in [4.69, 9.17) is 9.47 Å². The summed E-state index contributed by atoms with van der Waals surface area (Å²) < 4.78 is 10.4. The fourth-order valence-corrected chi connectivity index (χ4v) is 2.95. The maximum atomic E-state index is 12.9. The maximum absolute atomic E-state index is 12.9. The van der Waals surface area contributed by atoms with Gasteiger partial charge in [0, 0.05) is 25.2 Å². The molecule has 2 N–H and O–H groups in total. The number of rotatable bonds is 9. The number of nitrogens with zero attached hydrogens (tertiary/aromatic N) is 1. The molecule has 0 saturated carbocycles. The van der Waals surface area contributed by atoms with Gasteiger partial charge in [0.25, 0.3) is 0 Å². The molecule has 0 bridgehead atoms. The molecule has 0 spiro atoms. The quantitative estimate of drug-likeness (QED) is 0.556. The van der Waals surface area contributed by atoms with Crippen LogP contribution in [0.3, 0.4) is 0 Å². The third-order valence-electron chi connectivity index (χ3n) is 4.58. The summed E-state index contributed by atoms with van der Waals surface area (Å²) in [5, 5.41) is 5.54. The average Bonchev–Trinajstić information content (AvgIpc) is 2.82. The van der Waals surface area contributed by atoms with Crippen LogP contribution in [0.5, 0.6) is 5.88 Å². The molecule has 160 valence electrons. The Morgan fingerprint density at radius 3 is 2.29 bits per heavy atom. The topological polar surface area (TPSA) is 89.6 Å². The number of methoxy groups -OCH3 is 1. The molecular weight excluding hydrogens is 394 g/mol. The number of amides is 2. The lowest BCUT2D eigenvalue weighted by molar-refractivity contribution is -0.123. The van der Waals surface area contributed by atoms with E-state index >= 15 is 0 Å². The van der Waals surface area contributed by atoms with Crippen molar-refractivity contribution in [2.24, 2.45) is 0 Å². The van der Waals surface area contributed by atoms with Crippen LogP contribution in [0.25, 0.3) is 0 Å². The normalized spacial score (nSPS) is 11.3. The van der Waals surface area contributed by atoms with Crippen molar-refractivity contribution in [2.75, 3.05) is 7.11 Å². The molecule has 7 nitrogen and oxygen atoms in total. The Hall–Kier alpha value is -3.87. The van der Waals surface area contributed by atoms with Gasteiger partial charge in [-0.2, -0.15) is 0 Å². The highest BCUT2D eigenvalue weighted by Gasteiger charge is 2.22. The molecule has 3 aromatic rings. The maximum Gasteiger partial charge on any atom is 0.408 e. The molecule has 2 amide bonds. The second-order valence-corrected chi connectivity index (χ2v) is 6.87. The number of nitrogens with one attached hydrogen (secondary N) is 2. The number of aromatic nitrogens is 1. The van der Waals surface area contributed by atoms with Crippen LogP contribution in [0.2, 0.25) is 0 Å². The third kappa shape index (κ3) is 7.15. The molecule has 1 aromatic heterocycles. The lowest BCUT2D eigenvalue weighted by Gasteiger charge is -2.19. The van der Waals surface area contributed by atoms with Gasteiger partial charge in [-0.05, 0) is 22.8 Å². The van der Waals surface area contributed by atoms with Gasteiger partial charge in [0.1, 0.15) is 12.6 Å². The first-order chi connectivity index (χ1) is 15.1. The first-order valence-corrected chi connectivity index (χ1v) is 9.92. The van der Waals surface area contributed by atoms with E-state index in [1.54, 1.807) is 18.3 Å². The summed E-state index contributed by atoms with van der Waals surface area (Å²) in [7, 11) is 1.53. The zero-order valence-corrected chi connectivity index (χ0v) is 17.3. The molecule has 1 atom stereocenters. The second-order valence-electron chi connectivity index (χ2n) is 6.87. The van der Waals surface area contributed by atoms with Crippen LogP contribution in [0.1, 0.15) is 16.7 Å². The van der Waals surface area contributed by atoms with Gasteiger partial charge < -0.3 is 20.1 Å². The minimum Gasteiger partial charge on any atom is -0.481 e. The van der Waals surface area contributed by atoms with Crippen molar-refractivity contribution in [3.63, 3.8) is 0 Å². The molecule has 0 aliphatic rings. The Balaban J connectivity index is 1.61. The number of alkyl carbamates (subject to hydrolysis) is 1. The van der Waals surface area contributed by atoms with Gasteiger partial charge >= 0.3 is 6.09 Å². The predicted octanol–water partition coefficient (Wildman–Crippen LogP) is 3.24. The van der Waals surface area contributed by atoms with Gasteiger partial charge in [-0.3, -0.25) is 4.79 Å². The van der Waals surface area contributed by atoms with Crippen LogP contribution in [-0.4, -0.2) is 30.1 Å². The van der Waals surface area contributed by atoms with Crippen molar-refractivity contribution in [1.29, 1.82) is 0 Å². The Bertz CT molecular complexity index is 980. The molecule has 0 aliphatic carbocycles. The third-order valence-corrected chi connectivity index (χ3v) is 4.58. The van der Waals surface area contributed by atoms with E-state index in [9.17, 15) is 9.59 Å². The van der Waals surface area contributed by atoms with Gasteiger partial charge in [0.2, 0.25) is 11.8 Å². The predicted molar refractivity (Wildman–Crippen MR) is 116 cm³/mol. The van der Waals surface area contributed by atoms with E-state index < -0.39 is 12.1 Å². The van der Waals surface area contributed by atoms with Gasteiger partial charge in [-0.25, -0.2) is 9.78 Å².